The Kier molecular flexibility index (Phi) is 2.82. The van der Waals surface area contributed by atoms with Gasteiger partial charge < -0.3 is 5.32 Å². The molecule has 0 amide bonds. The molecule has 1 saturated carbocycles. The van der Waals surface area contributed by atoms with Gasteiger partial charge >= 0.3 is 0 Å². The summed E-state index contributed by atoms with van der Waals surface area (Å²) in [7, 11) is 0. The van der Waals surface area contributed by atoms with Crippen LogP contribution in [0.15, 0.2) is 18.5 Å². The van der Waals surface area contributed by atoms with Gasteiger partial charge in [-0.1, -0.05) is 19.9 Å². The predicted molar refractivity (Wildman–Crippen MR) is 58.2 cm³/mol. The Hall–Kier alpha value is -0.890. The molecule has 1 heterocycles. The van der Waals surface area contributed by atoms with E-state index >= 15 is 0 Å². The normalized spacial score (nSPS) is 16.2. The average molecular weight is 190 g/mol. The van der Waals surface area contributed by atoms with Gasteiger partial charge in [0.1, 0.15) is 0 Å². The van der Waals surface area contributed by atoms with Crippen molar-refractivity contribution in [3.05, 3.63) is 29.6 Å². The van der Waals surface area contributed by atoms with Crippen LogP contribution in [0.5, 0.6) is 0 Å². The lowest BCUT2D eigenvalue weighted by atomic mass is 10.0. The van der Waals surface area contributed by atoms with Crippen molar-refractivity contribution in [2.75, 3.05) is 0 Å². The summed E-state index contributed by atoms with van der Waals surface area (Å²) in [6.45, 7) is 5.38. The molecule has 2 nitrogen and oxygen atoms in total. The van der Waals surface area contributed by atoms with Crippen LogP contribution in [0.3, 0.4) is 0 Å². The van der Waals surface area contributed by atoms with Crippen molar-refractivity contribution in [1.29, 1.82) is 0 Å². The Labute approximate surface area is 85.7 Å². The molecule has 0 atom stereocenters. The van der Waals surface area contributed by atoms with Crippen molar-refractivity contribution >= 4 is 0 Å². The van der Waals surface area contributed by atoms with Gasteiger partial charge in [0.25, 0.3) is 0 Å². The zero-order valence-corrected chi connectivity index (χ0v) is 8.96. The standard InChI is InChI=1S/C12H18N2/c1-9(2)11-5-10(6-13-8-11)7-14-12-3-4-12/h5-6,8-9,12,14H,3-4,7H2,1-2H3. The van der Waals surface area contributed by atoms with E-state index in [1.807, 2.05) is 12.4 Å². The van der Waals surface area contributed by atoms with E-state index in [9.17, 15) is 0 Å². The van der Waals surface area contributed by atoms with E-state index in [4.69, 9.17) is 0 Å². The third-order valence-corrected chi connectivity index (χ3v) is 2.65. The number of rotatable bonds is 4. The summed E-state index contributed by atoms with van der Waals surface area (Å²) in [6.07, 6.45) is 6.61. The molecule has 14 heavy (non-hydrogen) atoms. The molecular formula is C12H18N2. The van der Waals surface area contributed by atoms with Crippen molar-refractivity contribution in [1.82, 2.24) is 10.3 Å². The largest absolute Gasteiger partial charge is 0.310 e. The average Bonchev–Trinajstić information content (AvgIpc) is 2.99. The number of nitrogens with one attached hydrogen (secondary N) is 1. The molecule has 76 valence electrons. The topological polar surface area (TPSA) is 24.9 Å². The van der Waals surface area contributed by atoms with Crippen LogP contribution in [0.4, 0.5) is 0 Å². The van der Waals surface area contributed by atoms with Crippen molar-refractivity contribution in [3.8, 4) is 0 Å². The van der Waals surface area contributed by atoms with Gasteiger partial charge in [-0.15, -0.1) is 0 Å². The monoisotopic (exact) mass is 190 g/mol. The fourth-order valence-electron chi connectivity index (χ4n) is 1.47. The lowest BCUT2D eigenvalue weighted by molar-refractivity contribution is 0.683. The molecule has 1 N–H and O–H groups in total. The lowest BCUT2D eigenvalue weighted by Crippen LogP contribution is -2.15. The minimum Gasteiger partial charge on any atom is -0.310 e. The Balaban J connectivity index is 1.97. The Bertz CT molecular complexity index is 303. The Morgan fingerprint density at radius 3 is 2.86 bits per heavy atom. The van der Waals surface area contributed by atoms with Crippen LogP contribution < -0.4 is 5.32 Å². The van der Waals surface area contributed by atoms with Gasteiger partial charge in [-0.05, 0) is 29.9 Å². The molecule has 1 aromatic heterocycles. The minimum absolute atomic E-state index is 0.573. The molecule has 0 radical (unpaired) electrons. The molecule has 0 aromatic carbocycles. The van der Waals surface area contributed by atoms with Crippen LogP contribution in [0.25, 0.3) is 0 Å². The molecule has 1 aliphatic carbocycles. The molecule has 0 unspecified atom stereocenters. The lowest BCUT2D eigenvalue weighted by Gasteiger charge is -2.07. The first kappa shape index (κ1) is 9.66. The maximum absolute atomic E-state index is 4.26. The maximum Gasteiger partial charge on any atom is 0.0313 e. The van der Waals surface area contributed by atoms with Crippen molar-refractivity contribution in [2.24, 2.45) is 0 Å². The minimum atomic E-state index is 0.573. The second kappa shape index (κ2) is 4.09. The van der Waals surface area contributed by atoms with Crippen LogP contribution in [0.2, 0.25) is 0 Å². The molecule has 0 saturated heterocycles. The van der Waals surface area contributed by atoms with Crippen LogP contribution in [-0.2, 0) is 6.54 Å². The SMILES string of the molecule is CC(C)c1cncc(CNC2CC2)c1. The zero-order chi connectivity index (χ0) is 9.97. The number of nitrogens with zero attached hydrogens (tertiary/aromatic N) is 1. The van der Waals surface area contributed by atoms with E-state index in [1.54, 1.807) is 0 Å². The van der Waals surface area contributed by atoms with E-state index in [1.165, 1.54) is 24.0 Å². The number of pyridine rings is 1. The van der Waals surface area contributed by atoms with E-state index in [0.717, 1.165) is 12.6 Å². The molecule has 1 fully saturated rings. The highest BCUT2D eigenvalue weighted by Crippen LogP contribution is 2.20. The molecular weight excluding hydrogens is 172 g/mol. The first-order valence-electron chi connectivity index (χ1n) is 5.43. The van der Waals surface area contributed by atoms with Crippen LogP contribution in [-0.4, -0.2) is 11.0 Å². The zero-order valence-electron chi connectivity index (χ0n) is 8.96. The van der Waals surface area contributed by atoms with Crippen LogP contribution in [0.1, 0.15) is 43.7 Å². The second-order valence-electron chi connectivity index (χ2n) is 4.44. The molecule has 1 aliphatic rings. The van der Waals surface area contributed by atoms with Gasteiger partial charge in [0.15, 0.2) is 0 Å². The smallest absolute Gasteiger partial charge is 0.0313 e. The third kappa shape index (κ3) is 2.55. The summed E-state index contributed by atoms with van der Waals surface area (Å²) < 4.78 is 0. The van der Waals surface area contributed by atoms with E-state index in [0.29, 0.717) is 5.92 Å². The summed E-state index contributed by atoms with van der Waals surface area (Å²) in [5, 5.41) is 3.50. The fourth-order valence-corrected chi connectivity index (χ4v) is 1.47. The van der Waals surface area contributed by atoms with E-state index in [-0.39, 0.29) is 0 Å². The van der Waals surface area contributed by atoms with Gasteiger partial charge in [0, 0.05) is 25.0 Å². The van der Waals surface area contributed by atoms with Crippen LogP contribution in [0, 0.1) is 0 Å². The van der Waals surface area contributed by atoms with Gasteiger partial charge in [-0.25, -0.2) is 0 Å². The Morgan fingerprint density at radius 1 is 1.43 bits per heavy atom. The van der Waals surface area contributed by atoms with Crippen LogP contribution >= 0.6 is 0 Å². The van der Waals surface area contributed by atoms with E-state index < -0.39 is 0 Å². The quantitative estimate of drug-likeness (QED) is 0.789. The van der Waals surface area contributed by atoms with Crippen molar-refractivity contribution in [3.63, 3.8) is 0 Å². The highest BCUT2D eigenvalue weighted by Gasteiger charge is 2.19. The first-order valence-corrected chi connectivity index (χ1v) is 5.43. The number of hydrogen-bond donors (Lipinski definition) is 1. The van der Waals surface area contributed by atoms with Gasteiger partial charge in [0.05, 0.1) is 0 Å². The van der Waals surface area contributed by atoms with Gasteiger partial charge in [0.2, 0.25) is 0 Å². The van der Waals surface area contributed by atoms with Gasteiger partial charge in [-0.2, -0.15) is 0 Å². The summed E-state index contributed by atoms with van der Waals surface area (Å²) in [5.41, 5.74) is 2.64. The highest BCUT2D eigenvalue weighted by atomic mass is 14.9. The van der Waals surface area contributed by atoms with Gasteiger partial charge in [-0.3, -0.25) is 4.98 Å². The maximum atomic E-state index is 4.26. The highest BCUT2D eigenvalue weighted by molar-refractivity contribution is 5.20. The Morgan fingerprint density at radius 2 is 2.21 bits per heavy atom. The van der Waals surface area contributed by atoms with E-state index in [2.05, 4.69) is 30.2 Å². The molecule has 2 rings (SSSR count). The summed E-state index contributed by atoms with van der Waals surface area (Å²) in [4.78, 5) is 4.26. The summed E-state index contributed by atoms with van der Waals surface area (Å²) in [5.74, 6) is 0.573. The molecule has 1 aromatic rings. The molecule has 2 heteroatoms. The van der Waals surface area contributed by atoms with Crippen molar-refractivity contribution < 1.29 is 0 Å². The van der Waals surface area contributed by atoms with Crippen molar-refractivity contribution in [2.45, 2.75) is 45.2 Å². The number of aromatic nitrogens is 1. The molecule has 0 aliphatic heterocycles. The first-order chi connectivity index (χ1) is 6.75. The fraction of sp³-hybridized carbons (Fsp3) is 0.583. The molecule has 0 spiro atoms. The second-order valence-corrected chi connectivity index (χ2v) is 4.44. The predicted octanol–water partition coefficient (Wildman–Crippen LogP) is 2.46. The number of hydrogen-bond acceptors (Lipinski definition) is 2. The summed E-state index contributed by atoms with van der Waals surface area (Å²) in [6, 6.07) is 3.03. The summed E-state index contributed by atoms with van der Waals surface area (Å²) >= 11 is 0. The molecule has 0 bridgehead atoms. The third-order valence-electron chi connectivity index (χ3n) is 2.65.